The van der Waals surface area contributed by atoms with Crippen molar-refractivity contribution in [1.82, 2.24) is 10.2 Å². The summed E-state index contributed by atoms with van der Waals surface area (Å²) in [7, 11) is 0. The van der Waals surface area contributed by atoms with Crippen LogP contribution in [0.2, 0.25) is 0 Å². The van der Waals surface area contributed by atoms with Gasteiger partial charge in [0.25, 0.3) is 11.8 Å². The number of anilines is 1. The second-order valence-corrected chi connectivity index (χ2v) is 4.25. The fraction of sp³-hybridized carbons (Fsp3) is 0.100. The van der Waals surface area contributed by atoms with Crippen molar-refractivity contribution in [3.8, 4) is 0 Å². The molecule has 1 aromatic heterocycles. The van der Waals surface area contributed by atoms with E-state index in [2.05, 4.69) is 10.2 Å². The van der Waals surface area contributed by atoms with E-state index < -0.39 is 17.8 Å². The number of imide groups is 1. The third-order valence-electron chi connectivity index (χ3n) is 2.01. The molecule has 92 valence electrons. The summed E-state index contributed by atoms with van der Waals surface area (Å²) in [5.41, 5.74) is 0. The summed E-state index contributed by atoms with van der Waals surface area (Å²) >= 11 is 1.00. The molecule has 1 aliphatic heterocycles. The Morgan fingerprint density at radius 2 is 1.89 bits per heavy atom. The summed E-state index contributed by atoms with van der Waals surface area (Å²) in [6, 6.07) is 2.95. The van der Waals surface area contributed by atoms with E-state index in [1.807, 2.05) is 0 Å². The third-order valence-corrected chi connectivity index (χ3v) is 2.91. The van der Waals surface area contributed by atoms with Crippen LogP contribution in [0, 0.1) is 0 Å². The van der Waals surface area contributed by atoms with Crippen molar-refractivity contribution in [1.29, 1.82) is 0 Å². The van der Waals surface area contributed by atoms with Crippen LogP contribution in [0.25, 0.3) is 0 Å². The molecule has 0 aromatic carbocycles. The highest BCUT2D eigenvalue weighted by atomic mass is 32.2. The van der Waals surface area contributed by atoms with E-state index in [0.29, 0.717) is 5.03 Å². The Morgan fingerprint density at radius 1 is 1.22 bits per heavy atom. The van der Waals surface area contributed by atoms with Gasteiger partial charge in [0.1, 0.15) is 5.03 Å². The van der Waals surface area contributed by atoms with Crippen molar-refractivity contribution >= 4 is 35.4 Å². The molecule has 0 saturated carbocycles. The molecule has 1 N–H and O–H groups in total. The lowest BCUT2D eigenvalue weighted by atomic mass is 10.4. The molecular formula is C10H7N3O4S. The highest BCUT2D eigenvalue weighted by molar-refractivity contribution is 7.99. The van der Waals surface area contributed by atoms with Crippen LogP contribution in [-0.4, -0.2) is 38.8 Å². The van der Waals surface area contributed by atoms with Gasteiger partial charge in [-0.05, 0) is 12.1 Å². The van der Waals surface area contributed by atoms with Gasteiger partial charge >= 0.3 is 5.97 Å². The highest BCUT2D eigenvalue weighted by Gasteiger charge is 2.26. The molecule has 7 nitrogen and oxygen atoms in total. The van der Waals surface area contributed by atoms with Crippen LogP contribution in [-0.2, 0) is 14.4 Å². The standard InChI is InChI=1S/C10H7N3O4S/c14-8-3-4-9(15)13(8)6-1-2-7(12-11-6)18-5-10(16)17/h1-4H,5H2,(H,16,17). The zero-order valence-corrected chi connectivity index (χ0v) is 9.75. The smallest absolute Gasteiger partial charge is 0.313 e. The number of nitrogens with zero attached hydrogens (tertiary/aromatic N) is 3. The molecule has 0 fully saturated rings. The topological polar surface area (TPSA) is 100 Å². The van der Waals surface area contributed by atoms with E-state index in [-0.39, 0.29) is 11.6 Å². The average molecular weight is 265 g/mol. The lowest BCUT2D eigenvalue weighted by Crippen LogP contribution is -2.30. The third kappa shape index (κ3) is 2.54. The largest absolute Gasteiger partial charge is 0.481 e. The van der Waals surface area contributed by atoms with Gasteiger partial charge < -0.3 is 5.11 Å². The van der Waals surface area contributed by atoms with Gasteiger partial charge in [-0.3, -0.25) is 14.4 Å². The minimum absolute atomic E-state index is 0.120. The predicted molar refractivity (Wildman–Crippen MR) is 62.0 cm³/mol. The number of aromatic nitrogens is 2. The Hall–Kier alpha value is -2.22. The SMILES string of the molecule is O=C(O)CSc1ccc(N2C(=O)C=CC2=O)nn1. The summed E-state index contributed by atoms with van der Waals surface area (Å²) in [5.74, 6) is -1.91. The van der Waals surface area contributed by atoms with Gasteiger partial charge in [-0.15, -0.1) is 10.2 Å². The molecule has 2 heterocycles. The molecule has 0 bridgehead atoms. The monoisotopic (exact) mass is 265 g/mol. The summed E-state index contributed by atoms with van der Waals surface area (Å²) in [6.45, 7) is 0. The van der Waals surface area contributed by atoms with Crippen molar-refractivity contribution in [3.05, 3.63) is 24.3 Å². The van der Waals surface area contributed by atoms with Crippen LogP contribution in [0.15, 0.2) is 29.3 Å². The van der Waals surface area contributed by atoms with Crippen LogP contribution in [0.5, 0.6) is 0 Å². The average Bonchev–Trinajstić information content (AvgIpc) is 2.67. The van der Waals surface area contributed by atoms with E-state index in [9.17, 15) is 14.4 Å². The Morgan fingerprint density at radius 3 is 2.39 bits per heavy atom. The molecule has 2 rings (SSSR count). The Bertz CT molecular complexity index is 523. The number of rotatable bonds is 4. The Balaban J connectivity index is 2.10. The lowest BCUT2D eigenvalue weighted by molar-refractivity contribution is -0.134. The van der Waals surface area contributed by atoms with Gasteiger partial charge in [0, 0.05) is 12.2 Å². The number of amides is 2. The Kier molecular flexibility index (Phi) is 3.38. The fourth-order valence-electron chi connectivity index (χ4n) is 1.27. The number of carbonyl (C=O) groups excluding carboxylic acids is 2. The highest BCUT2D eigenvalue weighted by Crippen LogP contribution is 2.19. The second kappa shape index (κ2) is 4.96. The van der Waals surface area contributed by atoms with Crippen LogP contribution in [0.3, 0.4) is 0 Å². The summed E-state index contributed by atoms with van der Waals surface area (Å²) in [4.78, 5) is 34.0. The van der Waals surface area contributed by atoms with E-state index in [1.165, 1.54) is 12.1 Å². The van der Waals surface area contributed by atoms with Gasteiger partial charge in [-0.25, -0.2) is 4.90 Å². The molecule has 0 atom stereocenters. The molecule has 0 spiro atoms. The molecule has 0 radical (unpaired) electrons. The summed E-state index contributed by atoms with van der Waals surface area (Å²) in [5, 5.41) is 16.4. The van der Waals surface area contributed by atoms with Gasteiger partial charge in [-0.2, -0.15) is 0 Å². The minimum Gasteiger partial charge on any atom is -0.481 e. The number of aliphatic carboxylic acids is 1. The van der Waals surface area contributed by atoms with Gasteiger partial charge in [0.15, 0.2) is 5.82 Å². The minimum atomic E-state index is -0.958. The second-order valence-electron chi connectivity index (χ2n) is 3.26. The Labute approximate surface area is 105 Å². The number of carbonyl (C=O) groups is 3. The van der Waals surface area contributed by atoms with Gasteiger partial charge in [-0.1, -0.05) is 11.8 Å². The number of hydrogen-bond acceptors (Lipinski definition) is 6. The molecule has 0 unspecified atom stereocenters. The molecule has 2 amide bonds. The van der Waals surface area contributed by atoms with E-state index in [1.54, 1.807) is 0 Å². The number of thioether (sulfide) groups is 1. The van der Waals surface area contributed by atoms with Crippen molar-refractivity contribution in [3.63, 3.8) is 0 Å². The van der Waals surface area contributed by atoms with E-state index >= 15 is 0 Å². The fourth-order valence-corrected chi connectivity index (χ4v) is 1.81. The first kappa shape index (κ1) is 12.2. The molecule has 1 aliphatic rings. The zero-order valence-electron chi connectivity index (χ0n) is 8.94. The first-order chi connectivity index (χ1) is 8.58. The maximum Gasteiger partial charge on any atom is 0.313 e. The number of carboxylic acids is 1. The van der Waals surface area contributed by atoms with Crippen LogP contribution >= 0.6 is 11.8 Å². The molecule has 0 aliphatic carbocycles. The van der Waals surface area contributed by atoms with Crippen molar-refractivity contribution in [2.24, 2.45) is 0 Å². The maximum atomic E-state index is 11.4. The molecule has 18 heavy (non-hydrogen) atoms. The summed E-state index contributed by atoms with van der Waals surface area (Å²) < 4.78 is 0. The first-order valence-electron chi connectivity index (χ1n) is 4.82. The lowest BCUT2D eigenvalue weighted by Gasteiger charge is -2.11. The van der Waals surface area contributed by atoms with Crippen molar-refractivity contribution in [2.45, 2.75) is 5.03 Å². The quantitative estimate of drug-likeness (QED) is 0.607. The van der Waals surface area contributed by atoms with E-state index in [0.717, 1.165) is 28.8 Å². The van der Waals surface area contributed by atoms with Gasteiger partial charge in [0.05, 0.1) is 5.75 Å². The van der Waals surface area contributed by atoms with Crippen molar-refractivity contribution in [2.75, 3.05) is 10.7 Å². The van der Waals surface area contributed by atoms with Crippen molar-refractivity contribution < 1.29 is 19.5 Å². The summed E-state index contributed by atoms with van der Waals surface area (Å²) in [6.07, 6.45) is 2.30. The normalized spacial score (nSPS) is 14.3. The molecule has 1 aromatic rings. The van der Waals surface area contributed by atoms with Crippen LogP contribution < -0.4 is 4.90 Å². The maximum absolute atomic E-state index is 11.4. The van der Waals surface area contributed by atoms with Crippen LogP contribution in [0.4, 0.5) is 5.82 Å². The molecule has 0 saturated heterocycles. The molecular weight excluding hydrogens is 258 g/mol. The van der Waals surface area contributed by atoms with Crippen LogP contribution in [0.1, 0.15) is 0 Å². The molecule has 8 heteroatoms. The number of hydrogen-bond donors (Lipinski definition) is 1. The van der Waals surface area contributed by atoms with E-state index in [4.69, 9.17) is 5.11 Å². The number of carboxylic acid groups (broad SMARTS) is 1. The first-order valence-corrected chi connectivity index (χ1v) is 5.81. The zero-order chi connectivity index (χ0) is 13.1. The van der Waals surface area contributed by atoms with Gasteiger partial charge in [0.2, 0.25) is 0 Å². The predicted octanol–water partition coefficient (Wildman–Crippen LogP) is 0.0827.